The van der Waals surface area contributed by atoms with E-state index in [-0.39, 0.29) is 0 Å². The minimum atomic E-state index is 1.13. The highest BCUT2D eigenvalue weighted by atomic mass is 14.5. The molecule has 128 valence electrons. The van der Waals surface area contributed by atoms with E-state index in [0.29, 0.717) is 0 Å². The molecule has 0 aliphatic heterocycles. The third-order valence-corrected chi connectivity index (χ3v) is 7.12. The molecule has 6 unspecified atom stereocenters. The average Bonchev–Trinajstić information content (AvgIpc) is 3.40. The normalized spacial score (nSPS) is 39.0. The summed E-state index contributed by atoms with van der Waals surface area (Å²) in [6.45, 7) is 4.69. The van der Waals surface area contributed by atoms with Crippen LogP contribution in [0.2, 0.25) is 0 Å². The largest absolute Gasteiger partial charge is 0.0654 e. The van der Waals surface area contributed by atoms with Crippen LogP contribution in [0.4, 0.5) is 0 Å². The number of rotatable bonds is 13. The van der Waals surface area contributed by atoms with Crippen molar-refractivity contribution in [2.24, 2.45) is 35.5 Å². The van der Waals surface area contributed by atoms with E-state index in [1.54, 1.807) is 38.5 Å². The predicted molar refractivity (Wildman–Crippen MR) is 96.9 cm³/mol. The van der Waals surface area contributed by atoms with Gasteiger partial charge >= 0.3 is 0 Å². The van der Waals surface area contributed by atoms with Crippen molar-refractivity contribution in [2.45, 2.75) is 104 Å². The molecule has 3 aliphatic rings. The zero-order valence-corrected chi connectivity index (χ0v) is 15.4. The van der Waals surface area contributed by atoms with Gasteiger partial charge in [0.15, 0.2) is 0 Å². The Morgan fingerprint density at radius 2 is 1.05 bits per heavy atom. The predicted octanol–water partition coefficient (Wildman–Crippen LogP) is 7.23. The molecule has 0 aromatic carbocycles. The fourth-order valence-corrected chi connectivity index (χ4v) is 5.08. The number of unbranched alkanes of at least 4 members (excludes halogenated alkanes) is 6. The van der Waals surface area contributed by atoms with Crippen LogP contribution < -0.4 is 0 Å². The maximum absolute atomic E-state index is 2.38. The van der Waals surface area contributed by atoms with Crippen LogP contribution in [0.25, 0.3) is 0 Å². The first-order valence-electron chi connectivity index (χ1n) is 10.8. The zero-order chi connectivity index (χ0) is 15.4. The van der Waals surface area contributed by atoms with E-state index >= 15 is 0 Å². The van der Waals surface area contributed by atoms with Crippen LogP contribution in [0.3, 0.4) is 0 Å². The summed E-state index contributed by atoms with van der Waals surface area (Å²) in [6.07, 6.45) is 21.4. The molecule has 0 heteroatoms. The molecule has 0 nitrogen and oxygen atoms in total. The Labute approximate surface area is 139 Å². The molecule has 0 aromatic heterocycles. The standard InChI is InChI=1S/C22H40/c1-3-5-6-7-8-9-10-11-18-13-20(18)15-22-16-21(22)14-19-12-17(19)4-2/h17-22H,3-16H2,1-2H3. The quantitative estimate of drug-likeness (QED) is 0.315. The SMILES string of the molecule is CCCCCCCCCC1CC1CC1CC1CC1CC1CC. The minimum Gasteiger partial charge on any atom is -0.0654 e. The maximum Gasteiger partial charge on any atom is -0.0380 e. The number of hydrogen-bond acceptors (Lipinski definition) is 0. The van der Waals surface area contributed by atoms with E-state index in [1.165, 1.54) is 63.2 Å². The molecule has 0 bridgehead atoms. The Morgan fingerprint density at radius 1 is 0.545 bits per heavy atom. The average molecular weight is 305 g/mol. The van der Waals surface area contributed by atoms with Crippen LogP contribution in [-0.2, 0) is 0 Å². The molecule has 6 atom stereocenters. The lowest BCUT2D eigenvalue weighted by Crippen LogP contribution is -1.91. The van der Waals surface area contributed by atoms with Crippen LogP contribution in [0, 0.1) is 35.5 Å². The Morgan fingerprint density at radius 3 is 1.68 bits per heavy atom. The van der Waals surface area contributed by atoms with Gasteiger partial charge in [-0.05, 0) is 67.6 Å². The molecule has 0 heterocycles. The van der Waals surface area contributed by atoms with E-state index in [1.807, 2.05) is 0 Å². The highest BCUT2D eigenvalue weighted by Gasteiger charge is 2.48. The highest BCUT2D eigenvalue weighted by Crippen LogP contribution is 2.58. The van der Waals surface area contributed by atoms with Crippen molar-refractivity contribution in [1.29, 1.82) is 0 Å². The van der Waals surface area contributed by atoms with E-state index in [9.17, 15) is 0 Å². The van der Waals surface area contributed by atoms with Crippen LogP contribution in [0.1, 0.15) is 104 Å². The smallest absolute Gasteiger partial charge is 0.0380 e. The summed E-state index contributed by atoms with van der Waals surface area (Å²) in [4.78, 5) is 0. The van der Waals surface area contributed by atoms with E-state index in [4.69, 9.17) is 0 Å². The highest BCUT2D eigenvalue weighted by molar-refractivity contribution is 4.98. The first-order valence-corrected chi connectivity index (χ1v) is 10.8. The zero-order valence-electron chi connectivity index (χ0n) is 15.4. The number of hydrogen-bond donors (Lipinski definition) is 0. The summed E-state index contributed by atoms with van der Waals surface area (Å²) < 4.78 is 0. The summed E-state index contributed by atoms with van der Waals surface area (Å²) in [7, 11) is 0. The van der Waals surface area contributed by atoms with Crippen molar-refractivity contribution in [3.8, 4) is 0 Å². The van der Waals surface area contributed by atoms with Crippen LogP contribution in [0.5, 0.6) is 0 Å². The van der Waals surface area contributed by atoms with Crippen molar-refractivity contribution >= 4 is 0 Å². The fraction of sp³-hybridized carbons (Fsp3) is 1.00. The summed E-state index contributed by atoms with van der Waals surface area (Å²) in [5.41, 5.74) is 0. The Hall–Kier alpha value is 0. The maximum atomic E-state index is 2.38. The van der Waals surface area contributed by atoms with Crippen LogP contribution in [0.15, 0.2) is 0 Å². The molecule has 0 saturated heterocycles. The van der Waals surface area contributed by atoms with Gasteiger partial charge in [0.05, 0.1) is 0 Å². The topological polar surface area (TPSA) is 0 Å². The molecule has 0 radical (unpaired) electrons. The molecule has 3 fully saturated rings. The van der Waals surface area contributed by atoms with Gasteiger partial charge in [-0.3, -0.25) is 0 Å². The van der Waals surface area contributed by atoms with Gasteiger partial charge < -0.3 is 0 Å². The van der Waals surface area contributed by atoms with Gasteiger partial charge in [0, 0.05) is 0 Å². The fourth-order valence-electron chi connectivity index (χ4n) is 5.08. The second kappa shape index (κ2) is 8.20. The Balaban J connectivity index is 1.13. The molecule has 0 amide bonds. The molecule has 0 N–H and O–H groups in total. The second-order valence-corrected chi connectivity index (χ2v) is 9.06. The van der Waals surface area contributed by atoms with Gasteiger partial charge in [0.25, 0.3) is 0 Å². The molecule has 3 aliphatic carbocycles. The molecule has 3 saturated carbocycles. The minimum absolute atomic E-state index is 1.13. The summed E-state index contributed by atoms with van der Waals surface area (Å²) in [6, 6.07) is 0. The lowest BCUT2D eigenvalue weighted by molar-refractivity contribution is 0.493. The third kappa shape index (κ3) is 5.27. The molecule has 22 heavy (non-hydrogen) atoms. The van der Waals surface area contributed by atoms with Gasteiger partial charge in [0.1, 0.15) is 0 Å². The summed E-state index contributed by atoms with van der Waals surface area (Å²) >= 11 is 0. The van der Waals surface area contributed by atoms with E-state index in [0.717, 1.165) is 23.7 Å². The van der Waals surface area contributed by atoms with Crippen LogP contribution >= 0.6 is 0 Å². The Kier molecular flexibility index (Phi) is 6.28. The van der Waals surface area contributed by atoms with Crippen molar-refractivity contribution in [3.05, 3.63) is 0 Å². The van der Waals surface area contributed by atoms with Gasteiger partial charge in [-0.2, -0.15) is 0 Å². The van der Waals surface area contributed by atoms with Crippen molar-refractivity contribution < 1.29 is 0 Å². The summed E-state index contributed by atoms with van der Waals surface area (Å²) in [5.74, 6) is 6.94. The lowest BCUT2D eigenvalue weighted by Gasteiger charge is -2.02. The Bertz CT molecular complexity index is 320. The molecular formula is C22H40. The van der Waals surface area contributed by atoms with Crippen molar-refractivity contribution in [1.82, 2.24) is 0 Å². The van der Waals surface area contributed by atoms with Crippen molar-refractivity contribution in [3.63, 3.8) is 0 Å². The monoisotopic (exact) mass is 304 g/mol. The van der Waals surface area contributed by atoms with Crippen molar-refractivity contribution in [2.75, 3.05) is 0 Å². The third-order valence-electron chi connectivity index (χ3n) is 7.12. The molecular weight excluding hydrogens is 264 g/mol. The molecule has 0 spiro atoms. The van der Waals surface area contributed by atoms with Gasteiger partial charge in [-0.1, -0.05) is 71.6 Å². The molecule has 0 aromatic rings. The van der Waals surface area contributed by atoms with Gasteiger partial charge in [-0.15, -0.1) is 0 Å². The van der Waals surface area contributed by atoms with E-state index in [2.05, 4.69) is 13.8 Å². The summed E-state index contributed by atoms with van der Waals surface area (Å²) in [5, 5.41) is 0. The molecule has 3 rings (SSSR count). The first kappa shape index (κ1) is 16.8. The lowest BCUT2D eigenvalue weighted by atomic mass is 10.0. The van der Waals surface area contributed by atoms with Gasteiger partial charge in [0.2, 0.25) is 0 Å². The second-order valence-electron chi connectivity index (χ2n) is 9.06. The van der Waals surface area contributed by atoms with E-state index < -0.39 is 0 Å². The van der Waals surface area contributed by atoms with Gasteiger partial charge in [-0.25, -0.2) is 0 Å². The van der Waals surface area contributed by atoms with Crippen LogP contribution in [-0.4, -0.2) is 0 Å². The first-order chi connectivity index (χ1) is 10.8.